The van der Waals surface area contributed by atoms with E-state index in [-0.39, 0.29) is 31.1 Å². The fraction of sp³-hybridized carbons (Fsp3) is 0.776. The fourth-order valence-electron chi connectivity index (χ4n) is 7.62. The summed E-state index contributed by atoms with van der Waals surface area (Å²) < 4.78 is 16.8. The molecule has 0 saturated carbocycles. The average Bonchev–Trinajstić information content (AvgIpc) is 3.29. The van der Waals surface area contributed by atoms with Gasteiger partial charge in [0, 0.05) is 19.3 Å². The van der Waals surface area contributed by atoms with Crippen LogP contribution in [0.15, 0.2) is 60.8 Å². The standard InChI is InChI=1S/C58H102O6/c1-4-7-10-13-16-19-22-25-28-30-33-36-39-42-45-48-51-57(60)63-54-55(53-62-56(59)50-47-44-41-38-35-32-27-24-21-18-15-12-9-6-3)64-58(61)52-49-46-43-40-37-34-31-29-26-23-20-17-14-11-8-5-2/h7,10,16,19,25,28-29,31-32,35,55H,4-6,8-9,11-15,17-18,20-24,26-27,30,33-34,36-54H2,1-3H3/b10-7-,19-16-,28-25-,31-29-,35-32-. The Hall–Kier alpha value is -2.89. The summed E-state index contributed by atoms with van der Waals surface area (Å²) in [6.07, 6.45) is 64.9. The summed E-state index contributed by atoms with van der Waals surface area (Å²) in [5.41, 5.74) is 0. The van der Waals surface area contributed by atoms with Crippen molar-refractivity contribution in [3.05, 3.63) is 60.8 Å². The van der Waals surface area contributed by atoms with Crippen molar-refractivity contribution in [2.75, 3.05) is 13.2 Å². The molecule has 370 valence electrons. The van der Waals surface area contributed by atoms with Gasteiger partial charge in [0.25, 0.3) is 0 Å². The molecule has 0 amide bonds. The molecule has 0 aliphatic rings. The van der Waals surface area contributed by atoms with Crippen molar-refractivity contribution in [2.24, 2.45) is 0 Å². The molecule has 0 N–H and O–H groups in total. The Balaban J connectivity index is 4.42. The van der Waals surface area contributed by atoms with Crippen LogP contribution in [0.25, 0.3) is 0 Å². The van der Waals surface area contributed by atoms with Gasteiger partial charge in [0.15, 0.2) is 6.10 Å². The van der Waals surface area contributed by atoms with Gasteiger partial charge in [0.05, 0.1) is 0 Å². The molecule has 0 radical (unpaired) electrons. The number of unbranched alkanes of at least 4 members (excludes halogenated alkanes) is 28. The van der Waals surface area contributed by atoms with Crippen molar-refractivity contribution in [3.8, 4) is 0 Å². The van der Waals surface area contributed by atoms with E-state index in [0.717, 1.165) is 109 Å². The molecule has 64 heavy (non-hydrogen) atoms. The van der Waals surface area contributed by atoms with Gasteiger partial charge in [-0.25, -0.2) is 0 Å². The maximum atomic E-state index is 12.8. The predicted octanol–water partition coefficient (Wildman–Crippen LogP) is 18.0. The van der Waals surface area contributed by atoms with Crippen molar-refractivity contribution in [3.63, 3.8) is 0 Å². The van der Waals surface area contributed by atoms with E-state index in [1.807, 2.05) is 0 Å². The highest BCUT2D eigenvalue weighted by Crippen LogP contribution is 2.14. The molecule has 0 bridgehead atoms. The van der Waals surface area contributed by atoms with Crippen LogP contribution in [0.3, 0.4) is 0 Å². The molecule has 0 fully saturated rings. The molecule has 6 nitrogen and oxygen atoms in total. The first-order chi connectivity index (χ1) is 31.5. The first-order valence-corrected chi connectivity index (χ1v) is 27.3. The third kappa shape index (κ3) is 50.1. The second-order valence-corrected chi connectivity index (χ2v) is 18.1. The molecule has 0 rings (SSSR count). The SMILES string of the molecule is CC/C=C\C/C=C\C/C=C\CCCCCCCCC(=O)OCC(COC(=O)CCCCC/C=C\CCCCCCCCC)OC(=O)CCCCCCC/C=C\CCCCCCCCC. The van der Waals surface area contributed by atoms with Crippen LogP contribution in [0.2, 0.25) is 0 Å². The molecule has 1 atom stereocenters. The number of allylic oxidation sites excluding steroid dienone is 10. The molecule has 0 aromatic rings. The molecular weight excluding hydrogens is 793 g/mol. The lowest BCUT2D eigenvalue weighted by Crippen LogP contribution is -2.30. The van der Waals surface area contributed by atoms with Gasteiger partial charge in [-0.2, -0.15) is 0 Å². The van der Waals surface area contributed by atoms with Crippen molar-refractivity contribution < 1.29 is 28.6 Å². The van der Waals surface area contributed by atoms with E-state index in [2.05, 4.69) is 81.5 Å². The second-order valence-electron chi connectivity index (χ2n) is 18.1. The average molecular weight is 895 g/mol. The summed E-state index contributed by atoms with van der Waals surface area (Å²) in [6.45, 7) is 6.50. The van der Waals surface area contributed by atoms with Crippen LogP contribution in [0.4, 0.5) is 0 Å². The molecule has 0 aromatic carbocycles. The predicted molar refractivity (Wildman–Crippen MR) is 275 cm³/mol. The lowest BCUT2D eigenvalue weighted by Gasteiger charge is -2.18. The quantitative estimate of drug-likeness (QED) is 0.0262. The summed E-state index contributed by atoms with van der Waals surface area (Å²) in [5, 5.41) is 0. The number of esters is 3. The van der Waals surface area contributed by atoms with Crippen LogP contribution < -0.4 is 0 Å². The van der Waals surface area contributed by atoms with Crippen LogP contribution in [-0.2, 0) is 28.6 Å². The highest BCUT2D eigenvalue weighted by atomic mass is 16.6. The van der Waals surface area contributed by atoms with E-state index < -0.39 is 6.10 Å². The zero-order valence-corrected chi connectivity index (χ0v) is 42.3. The van der Waals surface area contributed by atoms with E-state index in [9.17, 15) is 14.4 Å². The summed E-state index contributed by atoms with van der Waals surface area (Å²) >= 11 is 0. The third-order valence-corrected chi connectivity index (χ3v) is 11.7. The largest absolute Gasteiger partial charge is 0.462 e. The highest BCUT2D eigenvalue weighted by Gasteiger charge is 2.19. The lowest BCUT2D eigenvalue weighted by atomic mass is 10.1. The lowest BCUT2D eigenvalue weighted by molar-refractivity contribution is -0.167. The van der Waals surface area contributed by atoms with Crippen molar-refractivity contribution in [2.45, 2.75) is 277 Å². The minimum Gasteiger partial charge on any atom is -0.462 e. The zero-order valence-electron chi connectivity index (χ0n) is 42.3. The Bertz CT molecular complexity index is 1170. The maximum Gasteiger partial charge on any atom is 0.306 e. The Morgan fingerprint density at radius 1 is 0.328 bits per heavy atom. The van der Waals surface area contributed by atoms with Gasteiger partial charge in [0.2, 0.25) is 0 Å². The van der Waals surface area contributed by atoms with Crippen LogP contribution in [0.1, 0.15) is 271 Å². The summed E-state index contributed by atoms with van der Waals surface area (Å²) in [7, 11) is 0. The van der Waals surface area contributed by atoms with Gasteiger partial charge in [0.1, 0.15) is 13.2 Å². The molecule has 0 heterocycles. The van der Waals surface area contributed by atoms with Crippen molar-refractivity contribution in [1.29, 1.82) is 0 Å². The van der Waals surface area contributed by atoms with Gasteiger partial charge in [-0.1, -0.05) is 210 Å². The fourth-order valence-corrected chi connectivity index (χ4v) is 7.62. The molecule has 0 spiro atoms. The third-order valence-electron chi connectivity index (χ3n) is 11.7. The number of ether oxygens (including phenoxy) is 3. The zero-order chi connectivity index (χ0) is 46.5. The van der Waals surface area contributed by atoms with Crippen LogP contribution in [0.5, 0.6) is 0 Å². The highest BCUT2D eigenvalue weighted by molar-refractivity contribution is 5.71. The minimum atomic E-state index is -0.789. The molecule has 0 aromatic heterocycles. The van der Waals surface area contributed by atoms with Gasteiger partial charge in [-0.15, -0.1) is 0 Å². The number of hydrogen-bond acceptors (Lipinski definition) is 6. The van der Waals surface area contributed by atoms with E-state index in [1.165, 1.54) is 122 Å². The smallest absolute Gasteiger partial charge is 0.306 e. The van der Waals surface area contributed by atoms with E-state index in [0.29, 0.717) is 19.3 Å². The number of carbonyl (C=O) groups is 3. The normalized spacial score (nSPS) is 12.5. The van der Waals surface area contributed by atoms with E-state index >= 15 is 0 Å². The summed E-state index contributed by atoms with van der Waals surface area (Å²) in [6, 6.07) is 0. The molecule has 0 aliphatic carbocycles. The van der Waals surface area contributed by atoms with Gasteiger partial charge < -0.3 is 14.2 Å². The topological polar surface area (TPSA) is 78.9 Å². The van der Waals surface area contributed by atoms with Gasteiger partial charge in [-0.05, 0) is 103 Å². The Morgan fingerprint density at radius 3 is 0.984 bits per heavy atom. The van der Waals surface area contributed by atoms with Gasteiger partial charge in [-0.3, -0.25) is 14.4 Å². The molecule has 0 saturated heterocycles. The van der Waals surface area contributed by atoms with Gasteiger partial charge >= 0.3 is 17.9 Å². The Kier molecular flexibility index (Phi) is 50.4. The summed E-state index contributed by atoms with van der Waals surface area (Å²) in [5.74, 6) is -0.918. The molecular formula is C58H102O6. The second kappa shape index (κ2) is 52.7. The van der Waals surface area contributed by atoms with Crippen LogP contribution in [-0.4, -0.2) is 37.2 Å². The Morgan fingerprint density at radius 2 is 0.609 bits per heavy atom. The van der Waals surface area contributed by atoms with Crippen LogP contribution in [0, 0.1) is 0 Å². The van der Waals surface area contributed by atoms with Crippen LogP contribution >= 0.6 is 0 Å². The van der Waals surface area contributed by atoms with E-state index in [4.69, 9.17) is 14.2 Å². The van der Waals surface area contributed by atoms with Crippen molar-refractivity contribution in [1.82, 2.24) is 0 Å². The Labute approximate surface area is 396 Å². The molecule has 1 unspecified atom stereocenters. The number of rotatable bonds is 49. The first kappa shape index (κ1) is 61.1. The molecule has 0 aliphatic heterocycles. The maximum absolute atomic E-state index is 12.8. The molecule has 6 heteroatoms. The van der Waals surface area contributed by atoms with Crippen molar-refractivity contribution >= 4 is 17.9 Å². The minimum absolute atomic E-state index is 0.0886. The monoisotopic (exact) mass is 895 g/mol. The summed E-state index contributed by atoms with van der Waals surface area (Å²) in [4.78, 5) is 38.1. The number of hydrogen-bond donors (Lipinski definition) is 0. The number of carbonyl (C=O) groups excluding carboxylic acids is 3. The first-order valence-electron chi connectivity index (χ1n) is 27.3. The van der Waals surface area contributed by atoms with E-state index in [1.54, 1.807) is 0 Å².